The maximum absolute atomic E-state index is 6.29. The van der Waals surface area contributed by atoms with Gasteiger partial charge in [-0.05, 0) is 99.4 Å². The Morgan fingerprint density at radius 2 is 1.02 bits per heavy atom. The fraction of sp³-hybridized carbons (Fsp3) is 0. The molecule has 0 aliphatic carbocycles. The van der Waals surface area contributed by atoms with Gasteiger partial charge in [-0.15, -0.1) is 0 Å². The molecule has 0 aliphatic heterocycles. The number of anilines is 3. The third-order valence-electron chi connectivity index (χ3n) is 10.7. The SMILES string of the molecule is c1ccc(-c2ccc(N(c3ccc4ccc5cc6oc7ccccc7c6cc5c4c3)c3cccc4c5ccccc5n(-c5ccccc5)c34)cc2)cc1. The predicted octanol–water partition coefficient (Wildman–Crippen LogP) is 14.1. The van der Waals surface area contributed by atoms with Crippen molar-refractivity contribution >= 4 is 82.4 Å². The van der Waals surface area contributed by atoms with E-state index in [0.717, 1.165) is 55.6 Å². The monoisotopic (exact) mass is 676 g/mol. The highest BCUT2D eigenvalue weighted by atomic mass is 16.3. The summed E-state index contributed by atoms with van der Waals surface area (Å²) in [5.74, 6) is 0. The lowest BCUT2D eigenvalue weighted by Gasteiger charge is -2.28. The number of fused-ring (bicyclic) bond motifs is 9. The lowest BCUT2D eigenvalue weighted by molar-refractivity contribution is 0.669. The van der Waals surface area contributed by atoms with Crippen LogP contribution < -0.4 is 4.90 Å². The lowest BCUT2D eigenvalue weighted by atomic mass is 9.98. The van der Waals surface area contributed by atoms with Crippen molar-refractivity contribution < 1.29 is 4.42 Å². The second-order valence-corrected chi connectivity index (χ2v) is 13.7. The van der Waals surface area contributed by atoms with Crippen molar-refractivity contribution in [2.45, 2.75) is 0 Å². The van der Waals surface area contributed by atoms with Crippen LogP contribution >= 0.6 is 0 Å². The Morgan fingerprint density at radius 3 is 1.87 bits per heavy atom. The molecule has 0 atom stereocenters. The maximum atomic E-state index is 6.29. The predicted molar refractivity (Wildman–Crippen MR) is 223 cm³/mol. The van der Waals surface area contributed by atoms with Gasteiger partial charge in [0, 0.05) is 38.6 Å². The molecule has 0 N–H and O–H groups in total. The highest BCUT2D eigenvalue weighted by Gasteiger charge is 2.22. The van der Waals surface area contributed by atoms with E-state index in [1.807, 2.05) is 12.1 Å². The zero-order chi connectivity index (χ0) is 34.9. The van der Waals surface area contributed by atoms with E-state index < -0.39 is 0 Å². The van der Waals surface area contributed by atoms with Crippen LogP contribution in [0.15, 0.2) is 199 Å². The highest BCUT2D eigenvalue weighted by molar-refractivity contribution is 6.18. The van der Waals surface area contributed by atoms with E-state index in [0.29, 0.717) is 0 Å². The molecule has 0 bridgehead atoms. The lowest BCUT2D eigenvalue weighted by Crippen LogP contribution is -2.11. The maximum Gasteiger partial charge on any atom is 0.136 e. The van der Waals surface area contributed by atoms with Gasteiger partial charge in [0.15, 0.2) is 0 Å². The van der Waals surface area contributed by atoms with Crippen LogP contribution in [0.1, 0.15) is 0 Å². The number of hydrogen-bond acceptors (Lipinski definition) is 2. The van der Waals surface area contributed by atoms with E-state index in [1.54, 1.807) is 0 Å². The summed E-state index contributed by atoms with van der Waals surface area (Å²) in [6, 6.07) is 69.9. The molecule has 3 nitrogen and oxygen atoms in total. The quantitative estimate of drug-likeness (QED) is 0.169. The summed E-state index contributed by atoms with van der Waals surface area (Å²) in [6.45, 7) is 0. The number of nitrogens with zero attached hydrogens (tertiary/aromatic N) is 2. The minimum absolute atomic E-state index is 0.912. The zero-order valence-corrected chi connectivity index (χ0v) is 28.8. The summed E-state index contributed by atoms with van der Waals surface area (Å²) < 4.78 is 8.71. The van der Waals surface area contributed by atoms with Crippen LogP contribution in [-0.2, 0) is 0 Å². The van der Waals surface area contributed by atoms with E-state index >= 15 is 0 Å². The molecule has 248 valence electrons. The van der Waals surface area contributed by atoms with Gasteiger partial charge in [0.05, 0.1) is 16.7 Å². The molecule has 11 aromatic rings. The summed E-state index contributed by atoms with van der Waals surface area (Å²) in [5.41, 5.74) is 11.0. The van der Waals surface area contributed by atoms with Gasteiger partial charge in [0.1, 0.15) is 11.2 Å². The molecule has 0 saturated heterocycles. The van der Waals surface area contributed by atoms with Gasteiger partial charge in [-0.3, -0.25) is 0 Å². The first-order valence-electron chi connectivity index (χ1n) is 18.1. The molecule has 0 fully saturated rings. The van der Waals surface area contributed by atoms with E-state index in [9.17, 15) is 0 Å². The summed E-state index contributed by atoms with van der Waals surface area (Å²) in [5, 5.41) is 9.49. The molecular formula is C50H32N2O. The van der Waals surface area contributed by atoms with Crippen molar-refractivity contribution in [2.75, 3.05) is 4.90 Å². The number of aromatic nitrogens is 1. The van der Waals surface area contributed by atoms with Crippen LogP contribution in [0.25, 0.3) is 82.1 Å². The molecule has 0 amide bonds. The van der Waals surface area contributed by atoms with Crippen molar-refractivity contribution in [1.29, 1.82) is 0 Å². The van der Waals surface area contributed by atoms with Crippen molar-refractivity contribution in [3.05, 3.63) is 194 Å². The Bertz CT molecular complexity index is 3160. The van der Waals surface area contributed by atoms with Gasteiger partial charge in [-0.2, -0.15) is 0 Å². The number of benzene rings is 9. The Kier molecular flexibility index (Phi) is 6.55. The molecule has 2 aromatic heterocycles. The molecule has 0 spiro atoms. The molecule has 0 unspecified atom stereocenters. The average molecular weight is 677 g/mol. The van der Waals surface area contributed by atoms with Gasteiger partial charge < -0.3 is 13.9 Å². The topological polar surface area (TPSA) is 21.3 Å². The Labute approximate surface area is 306 Å². The first-order valence-corrected chi connectivity index (χ1v) is 18.1. The smallest absolute Gasteiger partial charge is 0.136 e. The van der Waals surface area contributed by atoms with Crippen molar-refractivity contribution in [3.63, 3.8) is 0 Å². The summed E-state index contributed by atoms with van der Waals surface area (Å²) in [7, 11) is 0. The molecule has 53 heavy (non-hydrogen) atoms. The summed E-state index contributed by atoms with van der Waals surface area (Å²) in [4.78, 5) is 2.43. The molecular weight excluding hydrogens is 645 g/mol. The van der Waals surface area contributed by atoms with E-state index in [4.69, 9.17) is 4.42 Å². The number of hydrogen-bond donors (Lipinski definition) is 0. The molecule has 2 heterocycles. The normalized spacial score (nSPS) is 11.8. The number of rotatable bonds is 5. The van der Waals surface area contributed by atoms with Crippen LogP contribution in [0, 0.1) is 0 Å². The minimum atomic E-state index is 0.912. The van der Waals surface area contributed by atoms with Crippen LogP contribution in [0.2, 0.25) is 0 Å². The van der Waals surface area contributed by atoms with Gasteiger partial charge in [0.2, 0.25) is 0 Å². The minimum Gasteiger partial charge on any atom is -0.456 e. The highest BCUT2D eigenvalue weighted by Crippen LogP contribution is 2.45. The molecule has 0 saturated carbocycles. The molecule has 11 rings (SSSR count). The Balaban J connectivity index is 1.20. The van der Waals surface area contributed by atoms with Crippen molar-refractivity contribution in [2.24, 2.45) is 0 Å². The van der Waals surface area contributed by atoms with Crippen molar-refractivity contribution in [1.82, 2.24) is 4.57 Å². The van der Waals surface area contributed by atoms with E-state index in [1.165, 1.54) is 43.6 Å². The molecule has 3 heteroatoms. The van der Waals surface area contributed by atoms with Crippen LogP contribution in [-0.4, -0.2) is 4.57 Å². The second-order valence-electron chi connectivity index (χ2n) is 13.7. The van der Waals surface area contributed by atoms with Crippen LogP contribution in [0.4, 0.5) is 17.1 Å². The number of para-hydroxylation sites is 4. The third-order valence-corrected chi connectivity index (χ3v) is 10.7. The first-order chi connectivity index (χ1) is 26.3. The van der Waals surface area contributed by atoms with Gasteiger partial charge in [-0.1, -0.05) is 127 Å². The zero-order valence-electron chi connectivity index (χ0n) is 28.8. The van der Waals surface area contributed by atoms with Crippen LogP contribution in [0.3, 0.4) is 0 Å². The molecule has 0 aliphatic rings. The van der Waals surface area contributed by atoms with Gasteiger partial charge in [0.25, 0.3) is 0 Å². The third kappa shape index (κ3) is 4.68. The van der Waals surface area contributed by atoms with E-state index in [-0.39, 0.29) is 0 Å². The second kappa shape index (κ2) is 11.7. The number of furan rings is 1. The summed E-state index contributed by atoms with van der Waals surface area (Å²) >= 11 is 0. The van der Waals surface area contributed by atoms with E-state index in [2.05, 4.69) is 191 Å². The standard InChI is InChI=1S/C50H32N2O/c1-3-12-33(13-4-1)34-24-27-38(28-25-34)51(47-20-11-18-42-40-16-7-9-19-46(40)52(50(42)47)37-14-5-2-6-15-37)39-29-26-35-22-23-36-30-49-45(32-44(36)43(35)31-39)41-17-8-10-21-48(41)53-49/h1-32H. The molecule has 0 radical (unpaired) electrons. The van der Waals surface area contributed by atoms with Crippen molar-refractivity contribution in [3.8, 4) is 16.8 Å². The van der Waals surface area contributed by atoms with Crippen LogP contribution in [0.5, 0.6) is 0 Å². The van der Waals surface area contributed by atoms with Gasteiger partial charge in [-0.25, -0.2) is 0 Å². The summed E-state index contributed by atoms with van der Waals surface area (Å²) in [6.07, 6.45) is 0. The Morgan fingerprint density at radius 1 is 0.377 bits per heavy atom. The fourth-order valence-corrected chi connectivity index (χ4v) is 8.29. The first kappa shape index (κ1) is 29.6. The molecule has 9 aromatic carbocycles. The largest absolute Gasteiger partial charge is 0.456 e. The average Bonchev–Trinajstić information content (AvgIpc) is 3.77. The van der Waals surface area contributed by atoms with Gasteiger partial charge >= 0.3 is 0 Å². The fourth-order valence-electron chi connectivity index (χ4n) is 8.29. The Hall–Kier alpha value is -7.10.